The van der Waals surface area contributed by atoms with E-state index in [1.54, 1.807) is 23.9 Å². The SMILES string of the molecule is CN(C)C(=O)N1CCN(C(=O)c2cccs2)CC1. The van der Waals surface area contributed by atoms with Crippen LogP contribution in [-0.2, 0) is 0 Å². The lowest BCUT2D eigenvalue weighted by Crippen LogP contribution is -2.52. The lowest BCUT2D eigenvalue weighted by Gasteiger charge is -2.35. The summed E-state index contributed by atoms with van der Waals surface area (Å²) >= 11 is 1.46. The minimum absolute atomic E-state index is 0.0122. The van der Waals surface area contributed by atoms with E-state index in [0.717, 1.165) is 4.88 Å². The van der Waals surface area contributed by atoms with Crippen molar-refractivity contribution in [1.82, 2.24) is 14.7 Å². The van der Waals surface area contributed by atoms with Crippen molar-refractivity contribution < 1.29 is 9.59 Å². The van der Waals surface area contributed by atoms with E-state index in [4.69, 9.17) is 0 Å². The number of carbonyl (C=O) groups excluding carboxylic acids is 2. The highest BCUT2D eigenvalue weighted by atomic mass is 32.1. The van der Waals surface area contributed by atoms with Gasteiger partial charge in [0, 0.05) is 40.3 Å². The van der Waals surface area contributed by atoms with Crippen LogP contribution in [0.3, 0.4) is 0 Å². The average molecular weight is 267 g/mol. The molecule has 0 aromatic carbocycles. The molecule has 0 bridgehead atoms. The summed E-state index contributed by atoms with van der Waals surface area (Å²) in [6.07, 6.45) is 0. The summed E-state index contributed by atoms with van der Waals surface area (Å²) in [5, 5.41) is 1.90. The molecule has 18 heavy (non-hydrogen) atoms. The smallest absolute Gasteiger partial charge is 0.319 e. The van der Waals surface area contributed by atoms with Gasteiger partial charge in [-0.15, -0.1) is 11.3 Å². The fraction of sp³-hybridized carbons (Fsp3) is 0.500. The van der Waals surface area contributed by atoms with Gasteiger partial charge in [-0.05, 0) is 11.4 Å². The van der Waals surface area contributed by atoms with Crippen LogP contribution in [0.5, 0.6) is 0 Å². The Kier molecular flexibility index (Phi) is 3.86. The van der Waals surface area contributed by atoms with Crippen LogP contribution in [0.1, 0.15) is 9.67 Å². The predicted molar refractivity (Wildman–Crippen MR) is 70.9 cm³/mol. The van der Waals surface area contributed by atoms with Gasteiger partial charge in [-0.2, -0.15) is 0 Å². The number of carbonyl (C=O) groups is 2. The zero-order valence-corrected chi connectivity index (χ0v) is 11.4. The van der Waals surface area contributed by atoms with Gasteiger partial charge in [0.05, 0.1) is 4.88 Å². The third-order valence-electron chi connectivity index (χ3n) is 2.95. The van der Waals surface area contributed by atoms with Crippen molar-refractivity contribution in [2.24, 2.45) is 0 Å². The average Bonchev–Trinajstić information content (AvgIpc) is 2.91. The third kappa shape index (κ3) is 2.64. The van der Waals surface area contributed by atoms with Crippen LogP contribution in [0.25, 0.3) is 0 Å². The summed E-state index contributed by atoms with van der Waals surface area (Å²) in [6.45, 7) is 2.43. The zero-order valence-electron chi connectivity index (χ0n) is 10.6. The predicted octanol–water partition coefficient (Wildman–Crippen LogP) is 1.19. The van der Waals surface area contributed by atoms with Crippen molar-refractivity contribution in [2.75, 3.05) is 40.3 Å². The van der Waals surface area contributed by atoms with E-state index in [1.807, 2.05) is 22.4 Å². The van der Waals surface area contributed by atoms with Gasteiger partial charge in [0.25, 0.3) is 5.91 Å². The molecule has 6 heteroatoms. The highest BCUT2D eigenvalue weighted by Crippen LogP contribution is 2.14. The molecule has 3 amide bonds. The van der Waals surface area contributed by atoms with Gasteiger partial charge >= 0.3 is 6.03 Å². The molecular formula is C12H17N3O2S. The largest absolute Gasteiger partial charge is 0.334 e. The Bertz CT molecular complexity index is 423. The van der Waals surface area contributed by atoms with E-state index in [-0.39, 0.29) is 11.9 Å². The number of hydrogen-bond acceptors (Lipinski definition) is 3. The van der Waals surface area contributed by atoms with E-state index in [2.05, 4.69) is 0 Å². The number of rotatable bonds is 1. The highest BCUT2D eigenvalue weighted by molar-refractivity contribution is 7.12. The Morgan fingerprint density at radius 3 is 2.28 bits per heavy atom. The van der Waals surface area contributed by atoms with Crippen molar-refractivity contribution in [3.8, 4) is 0 Å². The maximum absolute atomic E-state index is 12.1. The van der Waals surface area contributed by atoms with Gasteiger partial charge < -0.3 is 14.7 Å². The molecule has 0 unspecified atom stereocenters. The monoisotopic (exact) mass is 267 g/mol. The summed E-state index contributed by atoms with van der Waals surface area (Å²) in [7, 11) is 3.48. The van der Waals surface area contributed by atoms with Crippen LogP contribution in [0.15, 0.2) is 17.5 Å². The molecule has 0 saturated carbocycles. The van der Waals surface area contributed by atoms with Crippen molar-refractivity contribution >= 4 is 23.3 Å². The van der Waals surface area contributed by atoms with Crippen LogP contribution in [-0.4, -0.2) is 66.9 Å². The first-order valence-electron chi connectivity index (χ1n) is 5.88. The van der Waals surface area contributed by atoms with Gasteiger partial charge in [0.1, 0.15) is 0 Å². The summed E-state index contributed by atoms with van der Waals surface area (Å²) in [4.78, 5) is 29.8. The molecule has 5 nitrogen and oxygen atoms in total. The van der Waals surface area contributed by atoms with E-state index < -0.39 is 0 Å². The van der Waals surface area contributed by atoms with Crippen molar-refractivity contribution in [1.29, 1.82) is 0 Å². The number of thiophene rings is 1. The molecule has 1 aliphatic heterocycles. The van der Waals surface area contributed by atoms with Crippen LogP contribution in [0.4, 0.5) is 4.79 Å². The lowest BCUT2D eigenvalue weighted by molar-refractivity contribution is 0.0655. The normalized spacial score (nSPS) is 15.7. The molecule has 98 valence electrons. The van der Waals surface area contributed by atoms with E-state index in [1.165, 1.54) is 11.3 Å². The first-order chi connectivity index (χ1) is 8.59. The van der Waals surface area contributed by atoms with Gasteiger partial charge in [0.15, 0.2) is 0 Å². The van der Waals surface area contributed by atoms with Gasteiger partial charge in [-0.1, -0.05) is 6.07 Å². The Morgan fingerprint density at radius 2 is 1.78 bits per heavy atom. The maximum Gasteiger partial charge on any atom is 0.319 e. The lowest BCUT2D eigenvalue weighted by atomic mass is 10.3. The molecule has 1 aromatic rings. The number of hydrogen-bond donors (Lipinski definition) is 0. The number of piperazine rings is 1. The number of amides is 3. The fourth-order valence-electron chi connectivity index (χ4n) is 1.94. The summed E-state index contributed by atoms with van der Waals surface area (Å²) in [5.41, 5.74) is 0. The molecule has 2 rings (SSSR count). The first-order valence-corrected chi connectivity index (χ1v) is 6.76. The van der Waals surface area contributed by atoms with Crippen LogP contribution in [0, 0.1) is 0 Å². The number of urea groups is 1. The van der Waals surface area contributed by atoms with Crippen molar-refractivity contribution in [3.63, 3.8) is 0 Å². The topological polar surface area (TPSA) is 43.9 Å². The van der Waals surface area contributed by atoms with Crippen LogP contribution >= 0.6 is 11.3 Å². The van der Waals surface area contributed by atoms with E-state index in [0.29, 0.717) is 26.2 Å². The van der Waals surface area contributed by atoms with Crippen LogP contribution < -0.4 is 0 Å². The Morgan fingerprint density at radius 1 is 1.17 bits per heavy atom. The zero-order chi connectivity index (χ0) is 13.1. The van der Waals surface area contributed by atoms with Gasteiger partial charge in [0.2, 0.25) is 0 Å². The summed E-state index contributed by atoms with van der Waals surface area (Å²) in [5.74, 6) is 0.0713. The second kappa shape index (κ2) is 5.39. The van der Waals surface area contributed by atoms with Gasteiger partial charge in [-0.25, -0.2) is 4.79 Å². The molecule has 1 saturated heterocycles. The number of nitrogens with zero attached hydrogens (tertiary/aromatic N) is 3. The Balaban J connectivity index is 1.91. The molecular weight excluding hydrogens is 250 g/mol. The molecule has 0 N–H and O–H groups in total. The molecule has 2 heterocycles. The second-order valence-electron chi connectivity index (χ2n) is 4.43. The standard InChI is InChI=1S/C12H17N3O2S/c1-13(2)12(17)15-7-5-14(6-8-15)11(16)10-4-3-9-18-10/h3-4,9H,5-8H2,1-2H3. The molecule has 1 aromatic heterocycles. The van der Waals surface area contributed by atoms with E-state index >= 15 is 0 Å². The third-order valence-corrected chi connectivity index (χ3v) is 3.81. The summed E-state index contributed by atoms with van der Waals surface area (Å²) < 4.78 is 0. The summed E-state index contributed by atoms with van der Waals surface area (Å²) in [6, 6.07) is 3.73. The second-order valence-corrected chi connectivity index (χ2v) is 5.38. The van der Waals surface area contributed by atoms with Crippen LogP contribution in [0.2, 0.25) is 0 Å². The van der Waals surface area contributed by atoms with E-state index in [9.17, 15) is 9.59 Å². The molecule has 0 aliphatic carbocycles. The first kappa shape index (κ1) is 12.9. The Hall–Kier alpha value is -1.56. The van der Waals surface area contributed by atoms with Crippen molar-refractivity contribution in [3.05, 3.63) is 22.4 Å². The molecule has 1 aliphatic rings. The van der Waals surface area contributed by atoms with Crippen molar-refractivity contribution in [2.45, 2.75) is 0 Å². The minimum atomic E-state index is 0.0122. The minimum Gasteiger partial charge on any atom is -0.334 e. The molecule has 0 spiro atoms. The molecule has 1 fully saturated rings. The Labute approximate surface area is 111 Å². The quantitative estimate of drug-likeness (QED) is 0.767. The maximum atomic E-state index is 12.1. The molecule has 0 atom stereocenters. The highest BCUT2D eigenvalue weighted by Gasteiger charge is 2.25. The van der Waals surface area contributed by atoms with Gasteiger partial charge in [-0.3, -0.25) is 4.79 Å². The molecule has 0 radical (unpaired) electrons. The fourth-order valence-corrected chi connectivity index (χ4v) is 2.63.